The van der Waals surface area contributed by atoms with E-state index in [1.54, 1.807) is 11.3 Å². The number of hydrogen-bond acceptors (Lipinski definition) is 3. The molecule has 1 aromatic carbocycles. The van der Waals surface area contributed by atoms with Crippen molar-refractivity contribution >= 4 is 27.4 Å². The summed E-state index contributed by atoms with van der Waals surface area (Å²) in [5, 5.41) is 18.0. The summed E-state index contributed by atoms with van der Waals surface area (Å²) >= 11 is 1.64. The van der Waals surface area contributed by atoms with Crippen molar-refractivity contribution in [1.29, 1.82) is 0 Å². The number of hydrogen-bond donors (Lipinski definition) is 3. The molecule has 0 radical (unpaired) electrons. The minimum absolute atomic E-state index is 0.455. The van der Waals surface area contributed by atoms with Gasteiger partial charge >= 0.3 is 0 Å². The molecule has 1 heterocycles. The van der Waals surface area contributed by atoms with Crippen LogP contribution >= 0.6 is 11.3 Å². The van der Waals surface area contributed by atoms with Gasteiger partial charge in [-0.1, -0.05) is 32.0 Å². The number of benzene rings is 1. The lowest BCUT2D eigenvalue weighted by atomic mass is 10.2. The minimum atomic E-state index is -0.527. The Balaban J connectivity index is 1.97. The van der Waals surface area contributed by atoms with Crippen molar-refractivity contribution in [2.75, 3.05) is 19.6 Å². The van der Waals surface area contributed by atoms with E-state index < -0.39 is 6.10 Å². The Bertz CT molecular complexity index is 588. The minimum Gasteiger partial charge on any atom is -0.386 e. The Morgan fingerprint density at radius 2 is 2.05 bits per heavy atom. The number of fused-ring (bicyclic) bond motifs is 1. The van der Waals surface area contributed by atoms with Crippen LogP contribution in [0, 0.1) is 5.92 Å². The van der Waals surface area contributed by atoms with E-state index in [0.29, 0.717) is 12.5 Å². The van der Waals surface area contributed by atoms with Crippen molar-refractivity contribution in [3.05, 3.63) is 35.2 Å². The molecule has 0 amide bonds. The molecule has 0 aliphatic carbocycles. The zero-order valence-corrected chi connectivity index (χ0v) is 14.3. The molecule has 5 heteroatoms. The van der Waals surface area contributed by atoms with Gasteiger partial charge in [0.2, 0.25) is 0 Å². The van der Waals surface area contributed by atoms with Crippen LogP contribution in [0.3, 0.4) is 0 Å². The van der Waals surface area contributed by atoms with E-state index in [1.165, 1.54) is 10.1 Å². The highest BCUT2D eigenvalue weighted by Crippen LogP contribution is 2.29. The van der Waals surface area contributed by atoms with Gasteiger partial charge in [-0.05, 0) is 30.4 Å². The molecular weight excluding hydrogens is 294 g/mol. The highest BCUT2D eigenvalue weighted by Gasteiger charge is 2.12. The first-order chi connectivity index (χ1) is 10.6. The second kappa shape index (κ2) is 8.15. The van der Waals surface area contributed by atoms with Crippen molar-refractivity contribution in [3.63, 3.8) is 0 Å². The summed E-state index contributed by atoms with van der Waals surface area (Å²) in [5.74, 6) is 1.28. The number of nitrogens with one attached hydrogen (secondary N) is 2. The first-order valence-corrected chi connectivity index (χ1v) is 8.60. The number of aliphatic imine (C=N–C) groups is 1. The van der Waals surface area contributed by atoms with E-state index >= 15 is 0 Å². The van der Waals surface area contributed by atoms with Gasteiger partial charge in [0.1, 0.15) is 6.10 Å². The van der Waals surface area contributed by atoms with Crippen LogP contribution in [0.5, 0.6) is 0 Å². The maximum atomic E-state index is 10.4. The molecule has 2 aromatic rings. The molecule has 1 aromatic heterocycles. The first-order valence-electron chi connectivity index (χ1n) is 7.79. The van der Waals surface area contributed by atoms with Gasteiger partial charge in [0.05, 0.1) is 0 Å². The predicted molar refractivity (Wildman–Crippen MR) is 95.6 cm³/mol. The van der Waals surface area contributed by atoms with Gasteiger partial charge in [-0.3, -0.25) is 4.99 Å². The maximum absolute atomic E-state index is 10.4. The average Bonchev–Trinajstić information content (AvgIpc) is 2.93. The smallest absolute Gasteiger partial charge is 0.191 e. The van der Waals surface area contributed by atoms with Gasteiger partial charge in [-0.15, -0.1) is 11.3 Å². The molecule has 0 spiro atoms. The van der Waals surface area contributed by atoms with Crippen molar-refractivity contribution in [2.24, 2.45) is 10.9 Å². The van der Waals surface area contributed by atoms with E-state index in [-0.39, 0.29) is 0 Å². The maximum Gasteiger partial charge on any atom is 0.191 e. The van der Waals surface area contributed by atoms with Gasteiger partial charge in [0.25, 0.3) is 0 Å². The molecule has 1 atom stereocenters. The third-order valence-electron chi connectivity index (χ3n) is 3.19. The van der Waals surface area contributed by atoms with Crippen molar-refractivity contribution in [1.82, 2.24) is 10.6 Å². The highest BCUT2D eigenvalue weighted by atomic mass is 32.1. The Hall–Kier alpha value is -1.59. The van der Waals surface area contributed by atoms with Gasteiger partial charge in [0, 0.05) is 29.2 Å². The van der Waals surface area contributed by atoms with Crippen LogP contribution in [0.15, 0.2) is 35.3 Å². The Morgan fingerprint density at radius 1 is 1.27 bits per heavy atom. The lowest BCUT2D eigenvalue weighted by Crippen LogP contribution is -2.39. The van der Waals surface area contributed by atoms with Crippen LogP contribution in [0.4, 0.5) is 0 Å². The molecule has 0 aliphatic heterocycles. The third-order valence-corrected chi connectivity index (χ3v) is 4.41. The fourth-order valence-corrected chi connectivity index (χ4v) is 3.13. The SMILES string of the molecule is CCNC(=NCC(C)C)NCC(O)c1cc2ccccc2s1. The zero-order valence-electron chi connectivity index (χ0n) is 13.5. The van der Waals surface area contributed by atoms with Gasteiger partial charge in [0.15, 0.2) is 5.96 Å². The summed E-state index contributed by atoms with van der Waals surface area (Å²) in [6.45, 7) is 8.35. The van der Waals surface area contributed by atoms with Crippen LogP contribution in [0.25, 0.3) is 10.1 Å². The number of guanidine groups is 1. The molecule has 0 saturated heterocycles. The monoisotopic (exact) mass is 319 g/mol. The second-order valence-electron chi connectivity index (χ2n) is 5.70. The van der Waals surface area contributed by atoms with Crippen LogP contribution in [0.1, 0.15) is 31.8 Å². The topological polar surface area (TPSA) is 56.7 Å². The van der Waals surface area contributed by atoms with Crippen LogP contribution in [-0.4, -0.2) is 30.7 Å². The van der Waals surface area contributed by atoms with E-state index in [2.05, 4.69) is 47.7 Å². The van der Waals surface area contributed by atoms with Crippen molar-refractivity contribution < 1.29 is 5.11 Å². The summed E-state index contributed by atoms with van der Waals surface area (Å²) in [6.07, 6.45) is -0.527. The fourth-order valence-electron chi connectivity index (χ4n) is 2.08. The number of thiophene rings is 1. The van der Waals surface area contributed by atoms with E-state index in [9.17, 15) is 5.11 Å². The molecule has 22 heavy (non-hydrogen) atoms. The Labute approximate surface area is 136 Å². The van der Waals surface area contributed by atoms with Crippen LogP contribution < -0.4 is 10.6 Å². The predicted octanol–water partition coefficient (Wildman–Crippen LogP) is 3.15. The zero-order chi connectivity index (χ0) is 15.9. The molecule has 0 saturated carbocycles. The standard InChI is InChI=1S/C17H25N3OS/c1-4-18-17(19-10-12(2)3)20-11-14(21)16-9-13-7-5-6-8-15(13)22-16/h5-9,12,14,21H,4,10-11H2,1-3H3,(H2,18,19,20). The molecule has 120 valence electrons. The summed E-state index contributed by atoms with van der Waals surface area (Å²) in [4.78, 5) is 5.49. The summed E-state index contributed by atoms with van der Waals surface area (Å²) in [5.41, 5.74) is 0. The van der Waals surface area contributed by atoms with Crippen LogP contribution in [-0.2, 0) is 0 Å². The molecule has 1 unspecified atom stereocenters. The Kier molecular flexibility index (Phi) is 6.21. The number of aliphatic hydroxyl groups is 1. The fraction of sp³-hybridized carbons (Fsp3) is 0.471. The first kappa shape index (κ1) is 16.8. The average molecular weight is 319 g/mol. The number of rotatable bonds is 6. The van der Waals surface area contributed by atoms with Gasteiger partial charge in [-0.2, -0.15) is 0 Å². The quantitative estimate of drug-likeness (QED) is 0.566. The largest absolute Gasteiger partial charge is 0.386 e. The highest BCUT2D eigenvalue weighted by molar-refractivity contribution is 7.19. The van der Waals surface area contributed by atoms with Crippen molar-refractivity contribution in [3.8, 4) is 0 Å². The van der Waals surface area contributed by atoms with E-state index in [1.807, 2.05) is 19.1 Å². The summed E-state index contributed by atoms with van der Waals surface area (Å²) < 4.78 is 1.21. The number of nitrogens with zero attached hydrogens (tertiary/aromatic N) is 1. The lowest BCUT2D eigenvalue weighted by Gasteiger charge is -2.14. The Morgan fingerprint density at radius 3 is 2.73 bits per heavy atom. The molecule has 2 rings (SSSR count). The third kappa shape index (κ3) is 4.71. The molecule has 0 bridgehead atoms. The summed E-state index contributed by atoms with van der Waals surface area (Å²) in [6, 6.07) is 10.3. The number of aliphatic hydroxyl groups excluding tert-OH is 1. The molecule has 4 nitrogen and oxygen atoms in total. The molecule has 3 N–H and O–H groups in total. The second-order valence-corrected chi connectivity index (χ2v) is 6.81. The van der Waals surface area contributed by atoms with Gasteiger partial charge < -0.3 is 15.7 Å². The lowest BCUT2D eigenvalue weighted by molar-refractivity contribution is 0.184. The van der Waals surface area contributed by atoms with Gasteiger partial charge in [-0.25, -0.2) is 0 Å². The molecule has 0 aliphatic rings. The van der Waals surface area contributed by atoms with E-state index in [4.69, 9.17) is 0 Å². The summed E-state index contributed by atoms with van der Waals surface area (Å²) in [7, 11) is 0. The molecular formula is C17H25N3OS. The molecule has 0 fully saturated rings. The van der Waals surface area contributed by atoms with Crippen LogP contribution in [0.2, 0.25) is 0 Å². The van der Waals surface area contributed by atoms with E-state index in [0.717, 1.165) is 23.9 Å². The normalized spacial score (nSPS) is 13.6. The van der Waals surface area contributed by atoms with Crippen molar-refractivity contribution in [2.45, 2.75) is 26.9 Å².